The number of fused-ring (bicyclic) bond motifs is 1. The maximum atomic E-state index is 12.8. The molecule has 4 heterocycles. The molecule has 2 aromatic heterocycles. The Morgan fingerprint density at radius 1 is 1.46 bits per heavy atom. The lowest BCUT2D eigenvalue weighted by molar-refractivity contribution is -0.150. The third kappa shape index (κ3) is 5.32. The van der Waals surface area contributed by atoms with Crippen molar-refractivity contribution in [3.05, 3.63) is 46.5 Å². The molecule has 12 nitrogen and oxygen atoms in total. The quantitative estimate of drug-likeness (QED) is 0.185. The number of thiazole rings is 1. The highest BCUT2D eigenvalue weighted by molar-refractivity contribution is 8.14. The van der Waals surface area contributed by atoms with E-state index in [1.807, 2.05) is 0 Å². The number of aromatic nitrogens is 1. The Morgan fingerprint density at radius 3 is 2.83 bits per heavy atom. The molecule has 186 valence electrons. The fourth-order valence-electron chi connectivity index (χ4n) is 3.31. The summed E-state index contributed by atoms with van der Waals surface area (Å²) in [5, 5.41) is 16.8. The first kappa shape index (κ1) is 26.6. The second kappa shape index (κ2) is 11.2. The molecule has 0 unspecified atom stereocenters. The topological polar surface area (TPSA) is 177 Å². The number of β-lactam (4-membered cyclic amide) rings is 1. The van der Waals surface area contributed by atoms with Crippen LogP contribution in [0.25, 0.3) is 0 Å². The minimum Gasteiger partial charge on any atom is -1.00 e. The van der Waals surface area contributed by atoms with Crippen LogP contribution in [0, 0.1) is 0 Å². The molecule has 35 heavy (non-hydrogen) atoms. The van der Waals surface area contributed by atoms with Gasteiger partial charge in [0.05, 0.1) is 6.26 Å². The van der Waals surface area contributed by atoms with Gasteiger partial charge in [0.1, 0.15) is 29.9 Å². The Labute approximate surface area is 216 Å². The van der Waals surface area contributed by atoms with Crippen LogP contribution in [0.3, 0.4) is 0 Å². The molecule has 2 aliphatic heterocycles. The summed E-state index contributed by atoms with van der Waals surface area (Å²) in [6.45, 7) is 0. The number of halogens is 1. The van der Waals surface area contributed by atoms with Crippen LogP contribution >= 0.6 is 34.9 Å². The van der Waals surface area contributed by atoms with Crippen molar-refractivity contribution in [2.75, 3.05) is 24.3 Å². The molecule has 1 saturated heterocycles. The van der Waals surface area contributed by atoms with Gasteiger partial charge >= 0.3 is 5.97 Å². The monoisotopic (exact) mass is 558 g/mol. The highest BCUT2D eigenvalue weighted by atomic mass is 35.5. The number of nitrogens with zero attached hydrogens (tertiary/aromatic N) is 3. The van der Waals surface area contributed by atoms with E-state index in [0.717, 1.165) is 28.0 Å². The number of carbonyl (C=O) groups is 4. The van der Waals surface area contributed by atoms with E-state index in [1.165, 1.54) is 36.6 Å². The first-order valence-electron chi connectivity index (χ1n) is 9.55. The third-order valence-corrected chi connectivity index (χ3v) is 7.77. The van der Waals surface area contributed by atoms with Gasteiger partial charge in [0, 0.05) is 16.9 Å². The molecule has 4 rings (SSSR count). The molecule has 0 saturated carbocycles. The minimum atomic E-state index is -1.29. The molecule has 2 amide bonds. The highest BCUT2D eigenvalue weighted by Gasteiger charge is 2.54. The molecule has 16 heteroatoms. The molecule has 2 aliphatic rings. The van der Waals surface area contributed by atoms with Gasteiger partial charge < -0.3 is 37.8 Å². The summed E-state index contributed by atoms with van der Waals surface area (Å²) in [7, 11) is 1.26. The number of carbonyl (C=O) groups excluding carboxylic acids is 3. The van der Waals surface area contributed by atoms with Gasteiger partial charge in [-0.1, -0.05) is 16.9 Å². The average Bonchev–Trinajstić information content (AvgIpc) is 3.50. The zero-order valence-electron chi connectivity index (χ0n) is 17.8. The maximum Gasteiger partial charge on any atom is 0.352 e. The molecule has 4 N–H and O–H groups in total. The van der Waals surface area contributed by atoms with Crippen LogP contribution in [0.1, 0.15) is 16.2 Å². The van der Waals surface area contributed by atoms with Crippen molar-refractivity contribution in [3.8, 4) is 0 Å². The van der Waals surface area contributed by atoms with E-state index in [9.17, 15) is 24.3 Å². The zero-order chi connectivity index (χ0) is 24.4. The summed E-state index contributed by atoms with van der Waals surface area (Å²) in [5.74, 6) is -2.08. The summed E-state index contributed by atoms with van der Waals surface area (Å²) in [6.07, 6.45) is 1.37. The number of aliphatic carboxylic acids is 1. The lowest BCUT2D eigenvalue weighted by Gasteiger charge is -2.49. The van der Waals surface area contributed by atoms with Crippen molar-refractivity contribution < 1.29 is 45.9 Å². The van der Waals surface area contributed by atoms with Gasteiger partial charge in [0.2, 0.25) is 0 Å². The van der Waals surface area contributed by atoms with Crippen LogP contribution in [0.4, 0.5) is 5.13 Å². The average molecular weight is 559 g/mol. The second-order valence-electron chi connectivity index (χ2n) is 6.87. The van der Waals surface area contributed by atoms with Gasteiger partial charge in [0.25, 0.3) is 16.9 Å². The van der Waals surface area contributed by atoms with E-state index in [-0.39, 0.29) is 57.0 Å². The summed E-state index contributed by atoms with van der Waals surface area (Å²) < 4.78 is 5.05. The zero-order valence-corrected chi connectivity index (χ0v) is 21.0. The van der Waals surface area contributed by atoms with Crippen LogP contribution in [-0.2, 0) is 19.2 Å². The van der Waals surface area contributed by atoms with Gasteiger partial charge in [-0.2, -0.15) is 0 Å². The number of rotatable bonds is 8. The summed E-state index contributed by atoms with van der Waals surface area (Å²) in [6, 6.07) is 2.13. The molecule has 0 bridgehead atoms. The van der Waals surface area contributed by atoms with Gasteiger partial charge in [-0.3, -0.25) is 19.3 Å². The van der Waals surface area contributed by atoms with E-state index in [0.29, 0.717) is 5.57 Å². The third-order valence-electron chi connectivity index (χ3n) is 4.80. The molecule has 0 spiro atoms. The molecule has 0 aliphatic carbocycles. The molecule has 2 atom stereocenters. The summed E-state index contributed by atoms with van der Waals surface area (Å²) in [5.41, 5.74) is 5.89. The van der Waals surface area contributed by atoms with E-state index in [4.69, 9.17) is 15.0 Å². The Bertz CT molecular complexity index is 1210. The second-order valence-corrected chi connectivity index (χ2v) is 9.81. The molecular weight excluding hydrogens is 542 g/mol. The number of carboxylic acids is 1. The first-order chi connectivity index (χ1) is 16.3. The molecule has 0 aromatic carbocycles. The van der Waals surface area contributed by atoms with Gasteiger partial charge in [-0.25, -0.2) is 9.78 Å². The maximum absolute atomic E-state index is 12.8. The fourth-order valence-corrected chi connectivity index (χ4v) is 6.14. The minimum absolute atomic E-state index is 0. The van der Waals surface area contributed by atoms with Crippen molar-refractivity contribution in [3.63, 3.8) is 0 Å². The smallest absolute Gasteiger partial charge is 0.352 e. The van der Waals surface area contributed by atoms with Crippen LogP contribution in [0.5, 0.6) is 0 Å². The van der Waals surface area contributed by atoms with Crippen LogP contribution < -0.4 is 23.5 Å². The van der Waals surface area contributed by atoms with E-state index < -0.39 is 29.2 Å². The Hall–Kier alpha value is -3.01. The lowest BCUT2D eigenvalue weighted by Crippen LogP contribution is -3.00. The number of nitrogen functional groups attached to an aromatic ring is 1. The van der Waals surface area contributed by atoms with Crippen molar-refractivity contribution in [2.45, 2.75) is 11.4 Å². The van der Waals surface area contributed by atoms with E-state index in [2.05, 4.69) is 15.5 Å². The highest BCUT2D eigenvalue weighted by Crippen LogP contribution is 2.41. The van der Waals surface area contributed by atoms with Gasteiger partial charge in [-0.15, -0.1) is 23.1 Å². The Morgan fingerprint density at radius 2 is 2.23 bits per heavy atom. The molecule has 0 radical (unpaired) electrons. The van der Waals surface area contributed by atoms with Crippen LogP contribution in [-0.4, -0.2) is 73.6 Å². The number of furan rings is 1. The van der Waals surface area contributed by atoms with Crippen molar-refractivity contribution in [1.82, 2.24) is 15.2 Å². The van der Waals surface area contributed by atoms with E-state index >= 15 is 0 Å². The van der Waals surface area contributed by atoms with Crippen molar-refractivity contribution >= 4 is 68.6 Å². The number of oxime groups is 1. The normalized spacial score (nSPS) is 19.4. The number of nitrogens with one attached hydrogen (secondary N) is 1. The summed E-state index contributed by atoms with van der Waals surface area (Å²) >= 11 is 3.29. The predicted molar refractivity (Wildman–Crippen MR) is 125 cm³/mol. The molecule has 1 fully saturated rings. The van der Waals surface area contributed by atoms with Crippen LogP contribution in [0.2, 0.25) is 0 Å². The van der Waals surface area contributed by atoms with E-state index in [1.54, 1.807) is 6.07 Å². The molecule has 2 aromatic rings. The number of anilines is 1. The van der Waals surface area contributed by atoms with Crippen molar-refractivity contribution in [1.29, 1.82) is 0 Å². The largest absolute Gasteiger partial charge is 1.00 e. The fraction of sp³-hybridized carbons (Fsp3) is 0.263. The summed E-state index contributed by atoms with van der Waals surface area (Å²) in [4.78, 5) is 59.6. The number of hydrogen-bond acceptors (Lipinski definition) is 12. The number of nitrogens with two attached hydrogens (primary N) is 1. The SMILES string of the molecule is CON=C(C(=O)N[C@@H]1C(=O)N2C(C(=O)O)=C(CSC(=O)c3ccco3)CS[C@H]12)c1csc(N)n1.[Cl-]. The number of hydrogen-bond donors (Lipinski definition) is 3. The number of carboxylic acid groups (broad SMARTS) is 1. The van der Waals surface area contributed by atoms with Crippen LogP contribution in [0.15, 0.2) is 44.6 Å². The van der Waals surface area contributed by atoms with Gasteiger partial charge in [-0.05, 0) is 17.7 Å². The molecular formula is C19H17ClN5O7S3-. The standard InChI is InChI=1S/C19H17N5O7S3.ClH/c1-30-23-11(9-7-34-19(20)21-9)14(25)22-12-15(26)24-13(17(27)28)8(5-32-16(12)24)6-33-18(29)10-3-2-4-31-10;/h2-4,7,12,16H,5-6H2,1H3,(H2,20,21)(H,22,25)(H,27,28);1H/p-1/t12-,16-;/m1./s1. The predicted octanol–water partition coefficient (Wildman–Crippen LogP) is -2.01. The Kier molecular flexibility index (Phi) is 8.47. The lowest BCUT2D eigenvalue weighted by atomic mass is 10.0. The van der Waals surface area contributed by atoms with Crippen molar-refractivity contribution in [2.24, 2.45) is 5.16 Å². The first-order valence-corrected chi connectivity index (χ1v) is 12.5. The van der Waals surface area contributed by atoms with Gasteiger partial charge in [0.15, 0.2) is 16.6 Å². The Balaban J connectivity index is 0.00000342. The number of thioether (sulfide) groups is 2. The number of amides is 2.